The largest absolute Gasteiger partial charge is 0.337 e. The Hall–Kier alpha value is -0.670. The minimum atomic E-state index is -3.32. The monoisotopic (exact) mass is 316 g/mol. The van der Waals surface area contributed by atoms with Crippen LogP contribution in [0.15, 0.2) is 24.3 Å². The van der Waals surface area contributed by atoms with Gasteiger partial charge >= 0.3 is 7.60 Å². The van der Waals surface area contributed by atoms with Crippen LogP contribution in [-0.4, -0.2) is 26.2 Å². The molecule has 0 bridgehead atoms. The number of carbonyl (C=O) groups excluding carboxylic acids is 1. The molecule has 0 aromatic heterocycles. The zero-order chi connectivity index (χ0) is 14.8. The lowest BCUT2D eigenvalue weighted by molar-refractivity contribution is -0.125. The lowest BCUT2D eigenvalue weighted by Gasteiger charge is -2.41. The Bertz CT molecular complexity index is 529. The third-order valence-electron chi connectivity index (χ3n) is 4.03. The molecule has 0 radical (unpaired) electrons. The van der Waals surface area contributed by atoms with Gasteiger partial charge in [0.25, 0.3) is 0 Å². The first-order valence-corrected chi connectivity index (χ1v) is 8.56. The van der Waals surface area contributed by atoms with Crippen LogP contribution in [0.1, 0.15) is 24.8 Å². The van der Waals surface area contributed by atoms with Crippen molar-refractivity contribution in [3.8, 4) is 0 Å². The summed E-state index contributed by atoms with van der Waals surface area (Å²) in [6.45, 7) is 0. The summed E-state index contributed by atoms with van der Waals surface area (Å²) in [5.74, 6) is -0.0851. The van der Waals surface area contributed by atoms with Crippen molar-refractivity contribution in [1.82, 2.24) is 0 Å². The second-order valence-corrected chi connectivity index (χ2v) is 7.70. The van der Waals surface area contributed by atoms with Gasteiger partial charge in [0.15, 0.2) is 5.78 Å². The molecule has 20 heavy (non-hydrogen) atoms. The zero-order valence-corrected chi connectivity index (χ0v) is 13.2. The molecule has 0 saturated heterocycles. The highest BCUT2D eigenvalue weighted by atomic mass is 35.5. The molecule has 0 amide bonds. The smallest absolute Gasteiger partial charge is 0.312 e. The molecule has 110 valence electrons. The first-order chi connectivity index (χ1) is 9.46. The summed E-state index contributed by atoms with van der Waals surface area (Å²) in [7, 11) is -0.721. The molecule has 1 saturated carbocycles. The SMILES string of the molecule is COP(=O)(CC(=O)C1(c2ccc(Cl)cc2)CCC1)OC. The van der Waals surface area contributed by atoms with Crippen LogP contribution in [0.3, 0.4) is 0 Å². The summed E-state index contributed by atoms with van der Waals surface area (Å²) in [4.78, 5) is 12.6. The van der Waals surface area contributed by atoms with Gasteiger partial charge in [-0.2, -0.15) is 0 Å². The predicted octanol–water partition coefficient (Wildman–Crippen LogP) is 3.82. The van der Waals surface area contributed by atoms with E-state index in [2.05, 4.69) is 0 Å². The molecule has 1 aromatic rings. The fourth-order valence-corrected chi connectivity index (χ4v) is 3.75. The fourth-order valence-electron chi connectivity index (χ4n) is 2.56. The zero-order valence-electron chi connectivity index (χ0n) is 11.6. The Morgan fingerprint density at radius 3 is 2.20 bits per heavy atom. The first-order valence-electron chi connectivity index (χ1n) is 6.46. The maximum Gasteiger partial charge on any atom is 0.337 e. The average molecular weight is 317 g/mol. The van der Waals surface area contributed by atoms with Crippen molar-refractivity contribution < 1.29 is 18.4 Å². The van der Waals surface area contributed by atoms with Crippen molar-refractivity contribution in [2.75, 3.05) is 20.4 Å². The van der Waals surface area contributed by atoms with Gasteiger partial charge in [-0.15, -0.1) is 0 Å². The van der Waals surface area contributed by atoms with Crippen LogP contribution in [0.5, 0.6) is 0 Å². The molecule has 1 aliphatic carbocycles. The van der Waals surface area contributed by atoms with Gasteiger partial charge in [-0.25, -0.2) is 0 Å². The van der Waals surface area contributed by atoms with E-state index in [1.54, 1.807) is 12.1 Å². The molecule has 0 spiro atoms. The van der Waals surface area contributed by atoms with Gasteiger partial charge in [0.05, 0.1) is 5.41 Å². The van der Waals surface area contributed by atoms with E-state index in [9.17, 15) is 9.36 Å². The quantitative estimate of drug-likeness (QED) is 0.749. The molecule has 2 rings (SSSR count). The molecule has 6 heteroatoms. The number of ketones is 1. The van der Waals surface area contributed by atoms with Crippen molar-refractivity contribution in [3.05, 3.63) is 34.9 Å². The Labute approximate surface area is 123 Å². The number of halogens is 1. The molecule has 1 aromatic carbocycles. The lowest BCUT2D eigenvalue weighted by atomic mass is 9.62. The van der Waals surface area contributed by atoms with Crippen molar-refractivity contribution in [2.45, 2.75) is 24.7 Å². The molecule has 0 unspecified atom stereocenters. The normalized spacial score (nSPS) is 17.6. The van der Waals surface area contributed by atoms with Crippen LogP contribution in [0, 0.1) is 0 Å². The van der Waals surface area contributed by atoms with Gasteiger partial charge in [-0.1, -0.05) is 30.2 Å². The Morgan fingerprint density at radius 2 is 1.80 bits per heavy atom. The van der Waals surface area contributed by atoms with Gasteiger partial charge in [-0.3, -0.25) is 9.36 Å². The van der Waals surface area contributed by atoms with Gasteiger partial charge in [0, 0.05) is 19.2 Å². The highest BCUT2D eigenvalue weighted by molar-refractivity contribution is 7.54. The number of benzene rings is 1. The highest BCUT2D eigenvalue weighted by Gasteiger charge is 2.47. The van der Waals surface area contributed by atoms with Crippen LogP contribution in [0.2, 0.25) is 5.02 Å². The second kappa shape index (κ2) is 5.98. The molecule has 1 fully saturated rings. The minimum absolute atomic E-state index is 0.0851. The molecular formula is C14H18ClO4P. The third-order valence-corrected chi connectivity index (χ3v) is 6.07. The second-order valence-electron chi connectivity index (χ2n) is 5.00. The maximum absolute atomic E-state index is 12.6. The first kappa shape index (κ1) is 15.7. The summed E-state index contributed by atoms with van der Waals surface area (Å²) >= 11 is 5.88. The molecular weight excluding hydrogens is 299 g/mol. The van der Waals surface area contributed by atoms with E-state index in [0.717, 1.165) is 24.8 Å². The van der Waals surface area contributed by atoms with Crippen LogP contribution in [0.25, 0.3) is 0 Å². The van der Waals surface area contributed by atoms with Crippen molar-refractivity contribution in [1.29, 1.82) is 0 Å². The summed E-state index contributed by atoms with van der Waals surface area (Å²) < 4.78 is 21.9. The molecule has 0 heterocycles. The minimum Gasteiger partial charge on any atom is -0.312 e. The van der Waals surface area contributed by atoms with E-state index in [1.807, 2.05) is 12.1 Å². The number of rotatable bonds is 6. The number of Topliss-reactive ketones (excluding diaryl/α,β-unsaturated/α-hetero) is 1. The summed E-state index contributed by atoms with van der Waals surface area (Å²) in [5.41, 5.74) is 0.369. The van der Waals surface area contributed by atoms with Gasteiger partial charge in [0.2, 0.25) is 0 Å². The Kier molecular flexibility index (Phi) is 4.70. The fraction of sp³-hybridized carbons (Fsp3) is 0.500. The molecule has 0 aliphatic heterocycles. The van der Waals surface area contributed by atoms with E-state index in [4.69, 9.17) is 20.6 Å². The summed E-state index contributed by atoms with van der Waals surface area (Å²) in [6, 6.07) is 7.28. The van der Waals surface area contributed by atoms with Crippen LogP contribution in [0.4, 0.5) is 0 Å². The van der Waals surface area contributed by atoms with Crippen LogP contribution in [-0.2, 0) is 23.8 Å². The molecule has 4 nitrogen and oxygen atoms in total. The van der Waals surface area contributed by atoms with Gasteiger partial charge in [0.1, 0.15) is 6.16 Å². The number of hydrogen-bond acceptors (Lipinski definition) is 4. The van der Waals surface area contributed by atoms with Crippen molar-refractivity contribution in [3.63, 3.8) is 0 Å². The van der Waals surface area contributed by atoms with Crippen LogP contribution >= 0.6 is 19.2 Å². The lowest BCUT2D eigenvalue weighted by Crippen LogP contribution is -2.44. The Balaban J connectivity index is 2.25. The summed E-state index contributed by atoms with van der Waals surface area (Å²) in [6.07, 6.45) is 2.32. The van der Waals surface area contributed by atoms with E-state index in [0.29, 0.717) is 5.02 Å². The van der Waals surface area contributed by atoms with Crippen molar-refractivity contribution in [2.24, 2.45) is 0 Å². The Morgan fingerprint density at radius 1 is 1.25 bits per heavy atom. The van der Waals surface area contributed by atoms with E-state index >= 15 is 0 Å². The number of carbonyl (C=O) groups is 1. The number of hydrogen-bond donors (Lipinski definition) is 0. The topological polar surface area (TPSA) is 52.6 Å². The highest BCUT2D eigenvalue weighted by Crippen LogP contribution is 2.52. The molecule has 0 N–H and O–H groups in total. The van der Waals surface area contributed by atoms with Crippen molar-refractivity contribution >= 4 is 25.0 Å². The summed E-state index contributed by atoms with van der Waals surface area (Å²) in [5, 5.41) is 0.634. The average Bonchev–Trinajstić information content (AvgIpc) is 2.39. The van der Waals surface area contributed by atoms with E-state index in [-0.39, 0.29) is 11.9 Å². The molecule has 0 atom stereocenters. The van der Waals surface area contributed by atoms with E-state index in [1.165, 1.54) is 14.2 Å². The standard InChI is InChI=1S/C14H18ClO4P/c1-18-20(17,19-2)10-13(16)14(8-3-9-14)11-4-6-12(15)7-5-11/h4-7H,3,8-10H2,1-2H3. The maximum atomic E-state index is 12.6. The van der Waals surface area contributed by atoms with Gasteiger partial charge in [-0.05, 0) is 30.5 Å². The molecule has 1 aliphatic rings. The van der Waals surface area contributed by atoms with Gasteiger partial charge < -0.3 is 9.05 Å². The predicted molar refractivity (Wildman–Crippen MR) is 78.5 cm³/mol. The van der Waals surface area contributed by atoms with E-state index < -0.39 is 13.0 Å². The third kappa shape index (κ3) is 2.84. The van der Waals surface area contributed by atoms with Crippen LogP contribution < -0.4 is 0 Å².